The summed E-state index contributed by atoms with van der Waals surface area (Å²) in [7, 11) is 7.40. The summed E-state index contributed by atoms with van der Waals surface area (Å²) in [4.78, 5) is 41.9. The molecule has 0 spiro atoms. The van der Waals surface area contributed by atoms with Crippen LogP contribution in [0.3, 0.4) is 0 Å². The van der Waals surface area contributed by atoms with E-state index in [2.05, 4.69) is 45.9 Å². The third kappa shape index (κ3) is 8.65. The average Bonchev–Trinajstić information content (AvgIpc) is 3.62. The summed E-state index contributed by atoms with van der Waals surface area (Å²) in [5.74, 6) is 1.85. The number of rotatable bonds is 5. The molecule has 11 nitrogen and oxygen atoms in total. The van der Waals surface area contributed by atoms with Gasteiger partial charge in [0, 0.05) is 25.2 Å². The summed E-state index contributed by atoms with van der Waals surface area (Å²) in [6.45, 7) is 5.06. The van der Waals surface area contributed by atoms with Crippen LogP contribution in [0.5, 0.6) is 5.75 Å². The van der Waals surface area contributed by atoms with Crippen LogP contribution in [0.1, 0.15) is 71.7 Å². The second-order valence-corrected chi connectivity index (χ2v) is 10.6. The van der Waals surface area contributed by atoms with Crippen molar-refractivity contribution in [3.63, 3.8) is 0 Å². The molecule has 0 saturated carbocycles. The third-order valence-electron chi connectivity index (χ3n) is 7.37. The molecule has 3 aliphatic rings. The van der Waals surface area contributed by atoms with Crippen LogP contribution in [0.2, 0.25) is 0 Å². The molecule has 3 N–H and O–H groups in total. The first kappa shape index (κ1) is 33.3. The molecule has 0 bridgehead atoms. The SMILES string of the molecule is C#Cc1oc(C2NC(=O)NC2=O)cc1CN=CC.CN(C)C1CCCCNCC1.COc1ccc2c(c1F)C(=O)N(C)C2. The number of terminal acetylenes is 1. The van der Waals surface area contributed by atoms with Crippen molar-refractivity contribution in [1.29, 1.82) is 0 Å². The van der Waals surface area contributed by atoms with E-state index in [0.717, 1.165) is 11.6 Å². The number of amides is 4. The highest BCUT2D eigenvalue weighted by Crippen LogP contribution is 2.29. The van der Waals surface area contributed by atoms with Gasteiger partial charge in [0.25, 0.3) is 11.8 Å². The summed E-state index contributed by atoms with van der Waals surface area (Å²) < 4.78 is 23.8. The van der Waals surface area contributed by atoms with Crippen LogP contribution in [0.15, 0.2) is 27.6 Å². The minimum atomic E-state index is -0.830. The molecule has 2 fully saturated rings. The fourth-order valence-electron chi connectivity index (χ4n) is 4.96. The van der Waals surface area contributed by atoms with Gasteiger partial charge in [0.1, 0.15) is 5.76 Å². The Kier molecular flexibility index (Phi) is 12.3. The van der Waals surface area contributed by atoms with E-state index in [0.29, 0.717) is 30.2 Å². The van der Waals surface area contributed by atoms with E-state index in [1.807, 2.05) is 0 Å². The lowest BCUT2D eigenvalue weighted by Crippen LogP contribution is -2.33. The van der Waals surface area contributed by atoms with Gasteiger partial charge in [-0.25, -0.2) is 9.18 Å². The molecule has 1 aromatic carbocycles. The largest absolute Gasteiger partial charge is 0.494 e. The van der Waals surface area contributed by atoms with E-state index < -0.39 is 23.8 Å². The van der Waals surface area contributed by atoms with Gasteiger partial charge in [-0.15, -0.1) is 6.42 Å². The highest BCUT2D eigenvalue weighted by atomic mass is 19.1. The fourth-order valence-corrected chi connectivity index (χ4v) is 4.96. The van der Waals surface area contributed by atoms with Crippen LogP contribution < -0.4 is 20.7 Å². The molecule has 232 valence electrons. The van der Waals surface area contributed by atoms with E-state index in [-0.39, 0.29) is 17.2 Å². The number of ether oxygens (including phenoxy) is 1. The molecule has 5 rings (SSSR count). The number of urea groups is 1. The van der Waals surface area contributed by atoms with Crippen molar-refractivity contribution in [2.24, 2.45) is 4.99 Å². The number of aliphatic imine (C=N–C) groups is 1. The highest BCUT2D eigenvalue weighted by molar-refractivity contribution is 6.04. The van der Waals surface area contributed by atoms with Crippen LogP contribution in [-0.2, 0) is 17.9 Å². The lowest BCUT2D eigenvalue weighted by molar-refractivity contribution is -0.120. The van der Waals surface area contributed by atoms with E-state index in [4.69, 9.17) is 15.6 Å². The lowest BCUT2D eigenvalue weighted by Gasteiger charge is -2.26. The quantitative estimate of drug-likeness (QED) is 0.275. The predicted octanol–water partition coefficient (Wildman–Crippen LogP) is 3.23. The number of fused-ring (bicyclic) bond motifs is 1. The first-order valence-corrected chi connectivity index (χ1v) is 14.2. The van der Waals surface area contributed by atoms with Crippen molar-refractivity contribution in [2.75, 3.05) is 41.3 Å². The number of carbonyl (C=O) groups excluding carboxylic acids is 3. The monoisotopic (exact) mass is 596 g/mol. The van der Waals surface area contributed by atoms with Crippen molar-refractivity contribution in [3.8, 4) is 18.1 Å². The van der Waals surface area contributed by atoms with Crippen LogP contribution in [0.4, 0.5) is 9.18 Å². The second-order valence-electron chi connectivity index (χ2n) is 10.6. The maximum absolute atomic E-state index is 13.6. The zero-order valence-corrected chi connectivity index (χ0v) is 25.5. The Morgan fingerprint density at radius 3 is 2.63 bits per heavy atom. The molecule has 0 radical (unpaired) electrons. The fraction of sp³-hybridized carbons (Fsp3) is 0.484. The summed E-state index contributed by atoms with van der Waals surface area (Å²) in [6, 6.07) is 4.33. The Balaban J connectivity index is 0.000000182. The first-order chi connectivity index (χ1) is 20.6. The average molecular weight is 597 g/mol. The number of carbonyl (C=O) groups is 3. The molecule has 0 aliphatic carbocycles. The minimum Gasteiger partial charge on any atom is -0.494 e. The molecule has 2 saturated heterocycles. The number of furan rings is 1. The molecule has 2 unspecified atom stereocenters. The number of hydrogen-bond donors (Lipinski definition) is 3. The Labute approximate surface area is 252 Å². The van der Waals surface area contributed by atoms with Gasteiger partial charge < -0.3 is 29.6 Å². The van der Waals surface area contributed by atoms with Crippen LogP contribution in [0, 0.1) is 18.2 Å². The molecule has 1 aromatic heterocycles. The number of methoxy groups -OCH3 is 1. The van der Waals surface area contributed by atoms with Crippen molar-refractivity contribution in [1.82, 2.24) is 25.8 Å². The number of nitrogens with zero attached hydrogens (tertiary/aromatic N) is 3. The Morgan fingerprint density at radius 1 is 1.23 bits per heavy atom. The van der Waals surface area contributed by atoms with Gasteiger partial charge in [-0.3, -0.25) is 19.9 Å². The maximum Gasteiger partial charge on any atom is 0.322 e. The van der Waals surface area contributed by atoms with Gasteiger partial charge in [-0.2, -0.15) is 0 Å². The van der Waals surface area contributed by atoms with Gasteiger partial charge in [-0.1, -0.05) is 12.5 Å². The molecule has 4 amide bonds. The van der Waals surface area contributed by atoms with E-state index >= 15 is 0 Å². The number of benzene rings is 1. The molecule has 2 atom stereocenters. The van der Waals surface area contributed by atoms with Crippen LogP contribution >= 0.6 is 0 Å². The third-order valence-corrected chi connectivity index (χ3v) is 7.37. The number of halogens is 1. The van der Waals surface area contributed by atoms with Gasteiger partial charge in [-0.05, 0) is 83.2 Å². The molecule has 4 heterocycles. The summed E-state index contributed by atoms with van der Waals surface area (Å²) in [5.41, 5.74) is 1.57. The topological polar surface area (TPSA) is 129 Å². The Hall–Kier alpha value is -4.21. The Morgan fingerprint density at radius 2 is 2.00 bits per heavy atom. The number of imide groups is 1. The van der Waals surface area contributed by atoms with Crippen LogP contribution in [0.25, 0.3) is 0 Å². The zero-order valence-electron chi connectivity index (χ0n) is 25.5. The summed E-state index contributed by atoms with van der Waals surface area (Å²) in [5, 5.41) is 8.01. The standard InChI is InChI=1S/C12H11N3O3.C10H10FNO2.C9H20N2/c1-3-8-7(6-13-4-2)5-9(18-8)10-11(16)15-12(17)14-10;1-12-5-6-3-4-7(14-2)9(11)8(6)10(12)13;1-11(2)9-5-3-4-7-10-8-6-9/h1,4-5,10H,6H2,2H3,(H2,14,15,16,17);3-4H,5H2,1-2H3;9-10H,3-8H2,1-2H3. The van der Waals surface area contributed by atoms with E-state index in [1.54, 1.807) is 38.4 Å². The Bertz CT molecular complexity index is 1360. The van der Waals surface area contributed by atoms with Crippen molar-refractivity contribution >= 4 is 24.1 Å². The molecule has 2 aromatic rings. The van der Waals surface area contributed by atoms with E-state index in [9.17, 15) is 18.8 Å². The van der Waals surface area contributed by atoms with Crippen molar-refractivity contribution in [3.05, 3.63) is 52.2 Å². The number of hydrogen-bond acceptors (Lipinski definition) is 8. The van der Waals surface area contributed by atoms with Crippen LogP contribution in [-0.4, -0.2) is 81.2 Å². The zero-order chi connectivity index (χ0) is 31.5. The summed E-state index contributed by atoms with van der Waals surface area (Å²) >= 11 is 0. The van der Waals surface area contributed by atoms with E-state index in [1.165, 1.54) is 50.8 Å². The molecular weight excluding hydrogens is 555 g/mol. The number of nitrogens with one attached hydrogen (secondary N) is 3. The van der Waals surface area contributed by atoms with Gasteiger partial charge in [0.2, 0.25) is 0 Å². The predicted molar refractivity (Wildman–Crippen MR) is 161 cm³/mol. The molecule has 3 aliphatic heterocycles. The van der Waals surface area contributed by atoms with Gasteiger partial charge >= 0.3 is 6.03 Å². The lowest BCUT2D eigenvalue weighted by atomic mass is 10.0. The molecule has 43 heavy (non-hydrogen) atoms. The smallest absolute Gasteiger partial charge is 0.322 e. The first-order valence-electron chi connectivity index (χ1n) is 14.2. The van der Waals surface area contributed by atoms with Crippen molar-refractivity contribution < 1.29 is 27.9 Å². The molecular formula is C31H41FN6O5. The summed E-state index contributed by atoms with van der Waals surface area (Å²) in [6.07, 6.45) is 12.4. The maximum atomic E-state index is 13.6. The normalized spacial score (nSPS) is 19.8. The van der Waals surface area contributed by atoms with Gasteiger partial charge in [0.15, 0.2) is 23.4 Å². The second kappa shape index (κ2) is 15.9. The van der Waals surface area contributed by atoms with Gasteiger partial charge in [0.05, 0.1) is 19.2 Å². The highest BCUT2D eigenvalue weighted by Gasteiger charge is 2.34. The minimum absolute atomic E-state index is 0.118. The van der Waals surface area contributed by atoms with Crippen molar-refractivity contribution in [2.45, 2.75) is 57.8 Å². The molecule has 12 heteroatoms.